The number of benzene rings is 1. The minimum Gasteiger partial charge on any atom is -0.506 e. The van der Waals surface area contributed by atoms with Gasteiger partial charge in [-0.3, -0.25) is 4.79 Å². The number of carbonyl (C=O) groups is 1. The van der Waals surface area contributed by atoms with Crippen molar-refractivity contribution in [1.82, 2.24) is 4.98 Å². The molecule has 0 saturated heterocycles. The van der Waals surface area contributed by atoms with E-state index < -0.39 is 0 Å². The van der Waals surface area contributed by atoms with Crippen molar-refractivity contribution in [3.05, 3.63) is 51.7 Å². The maximum absolute atomic E-state index is 12.1. The van der Waals surface area contributed by atoms with Gasteiger partial charge in [-0.2, -0.15) is 0 Å². The van der Waals surface area contributed by atoms with E-state index in [1.165, 1.54) is 0 Å². The highest BCUT2D eigenvalue weighted by atomic mass is 35.5. The smallest absolute Gasteiger partial charge is 0.229 e. The van der Waals surface area contributed by atoms with Crippen molar-refractivity contribution in [3.63, 3.8) is 0 Å². The summed E-state index contributed by atoms with van der Waals surface area (Å²) in [5.41, 5.74) is 2.87. The van der Waals surface area contributed by atoms with Gasteiger partial charge in [0.05, 0.1) is 12.1 Å². The maximum Gasteiger partial charge on any atom is 0.229 e. The standard InChI is InChI=1S/C16H17ClN2O2/c1-9-10(2)16(18-11(3)15(9)21)19-14(20)8-12-4-6-13(17)7-5-12/h4-7,21H,8H2,1-3H3,(H,18,19,20). The van der Waals surface area contributed by atoms with Gasteiger partial charge in [0.15, 0.2) is 0 Å². The molecule has 0 aliphatic carbocycles. The predicted octanol–water partition coefficient (Wildman–Crippen LogP) is 3.55. The number of aromatic nitrogens is 1. The van der Waals surface area contributed by atoms with Crippen molar-refractivity contribution in [2.24, 2.45) is 0 Å². The fourth-order valence-corrected chi connectivity index (χ4v) is 2.14. The van der Waals surface area contributed by atoms with Gasteiger partial charge in [0.25, 0.3) is 0 Å². The first-order valence-electron chi connectivity index (χ1n) is 6.59. The zero-order valence-electron chi connectivity index (χ0n) is 12.2. The highest BCUT2D eigenvalue weighted by Gasteiger charge is 2.13. The second kappa shape index (κ2) is 6.14. The van der Waals surface area contributed by atoms with Crippen LogP contribution in [0.25, 0.3) is 0 Å². The molecule has 110 valence electrons. The lowest BCUT2D eigenvalue weighted by Crippen LogP contribution is -2.17. The van der Waals surface area contributed by atoms with Crippen LogP contribution in [-0.4, -0.2) is 16.0 Å². The molecule has 0 atom stereocenters. The Morgan fingerprint density at radius 2 is 1.81 bits per heavy atom. The van der Waals surface area contributed by atoms with Crippen LogP contribution in [0.15, 0.2) is 24.3 Å². The summed E-state index contributed by atoms with van der Waals surface area (Å²) in [5, 5.41) is 13.2. The second-order valence-electron chi connectivity index (χ2n) is 5.00. The fraction of sp³-hybridized carbons (Fsp3) is 0.250. The van der Waals surface area contributed by atoms with E-state index in [9.17, 15) is 9.90 Å². The number of anilines is 1. The number of aromatic hydroxyl groups is 1. The number of hydrogen-bond acceptors (Lipinski definition) is 3. The Kier molecular flexibility index (Phi) is 4.48. The molecule has 2 N–H and O–H groups in total. The van der Waals surface area contributed by atoms with Crippen LogP contribution in [0.3, 0.4) is 0 Å². The van der Waals surface area contributed by atoms with Crippen LogP contribution in [0, 0.1) is 20.8 Å². The Hall–Kier alpha value is -2.07. The molecule has 0 bridgehead atoms. The van der Waals surface area contributed by atoms with Crippen LogP contribution in [0.5, 0.6) is 5.75 Å². The van der Waals surface area contributed by atoms with Gasteiger partial charge in [-0.05, 0) is 49.6 Å². The molecule has 0 saturated carbocycles. The minimum atomic E-state index is -0.155. The third-order valence-corrected chi connectivity index (χ3v) is 3.68. The number of aryl methyl sites for hydroxylation is 1. The number of halogens is 1. The normalized spacial score (nSPS) is 10.5. The molecule has 0 aliphatic heterocycles. The predicted molar refractivity (Wildman–Crippen MR) is 83.9 cm³/mol. The number of nitrogens with one attached hydrogen (secondary N) is 1. The summed E-state index contributed by atoms with van der Waals surface area (Å²) >= 11 is 5.81. The summed E-state index contributed by atoms with van der Waals surface area (Å²) in [5.74, 6) is 0.502. The number of pyridine rings is 1. The van der Waals surface area contributed by atoms with Crippen LogP contribution < -0.4 is 5.32 Å². The number of nitrogens with zero attached hydrogens (tertiary/aromatic N) is 1. The Morgan fingerprint density at radius 1 is 1.19 bits per heavy atom. The van der Waals surface area contributed by atoms with Crippen LogP contribution in [0.1, 0.15) is 22.4 Å². The van der Waals surface area contributed by atoms with E-state index in [1.807, 2.05) is 19.1 Å². The monoisotopic (exact) mass is 304 g/mol. The lowest BCUT2D eigenvalue weighted by Gasteiger charge is -2.13. The van der Waals surface area contributed by atoms with E-state index in [0.717, 1.165) is 16.7 Å². The minimum absolute atomic E-state index is 0.155. The molecule has 0 unspecified atom stereocenters. The zero-order chi connectivity index (χ0) is 15.6. The van der Waals surface area contributed by atoms with Crippen LogP contribution in [0.2, 0.25) is 5.02 Å². The van der Waals surface area contributed by atoms with Crippen molar-refractivity contribution in [1.29, 1.82) is 0 Å². The molecule has 21 heavy (non-hydrogen) atoms. The molecular formula is C16H17ClN2O2. The molecule has 1 heterocycles. The summed E-state index contributed by atoms with van der Waals surface area (Å²) in [6.45, 7) is 5.32. The molecule has 0 aliphatic rings. The molecule has 2 rings (SSSR count). The van der Waals surface area contributed by atoms with Gasteiger partial charge < -0.3 is 10.4 Å². The van der Waals surface area contributed by atoms with Gasteiger partial charge in [-0.1, -0.05) is 23.7 Å². The first-order chi connectivity index (χ1) is 9.88. The number of amides is 1. The molecule has 0 radical (unpaired) electrons. The Morgan fingerprint density at radius 3 is 2.43 bits per heavy atom. The fourth-order valence-electron chi connectivity index (χ4n) is 2.02. The molecule has 1 aromatic carbocycles. The lowest BCUT2D eigenvalue weighted by atomic mass is 10.1. The highest BCUT2D eigenvalue weighted by molar-refractivity contribution is 6.30. The third-order valence-electron chi connectivity index (χ3n) is 3.43. The van der Waals surface area contributed by atoms with E-state index in [4.69, 9.17) is 11.6 Å². The zero-order valence-corrected chi connectivity index (χ0v) is 13.0. The molecule has 0 spiro atoms. The topological polar surface area (TPSA) is 62.2 Å². The van der Waals surface area contributed by atoms with Gasteiger partial charge in [0, 0.05) is 5.02 Å². The lowest BCUT2D eigenvalue weighted by molar-refractivity contribution is -0.115. The number of carbonyl (C=O) groups excluding carboxylic acids is 1. The maximum atomic E-state index is 12.1. The van der Waals surface area contributed by atoms with Crippen molar-refractivity contribution < 1.29 is 9.90 Å². The van der Waals surface area contributed by atoms with Gasteiger partial charge in [0.2, 0.25) is 5.91 Å². The van der Waals surface area contributed by atoms with Crippen LogP contribution >= 0.6 is 11.6 Å². The molecule has 5 heteroatoms. The molecule has 4 nitrogen and oxygen atoms in total. The van der Waals surface area contributed by atoms with E-state index >= 15 is 0 Å². The summed E-state index contributed by atoms with van der Waals surface area (Å²) in [7, 11) is 0. The van der Waals surface area contributed by atoms with E-state index in [2.05, 4.69) is 10.3 Å². The Balaban J connectivity index is 2.15. The van der Waals surface area contributed by atoms with Gasteiger partial charge in [0.1, 0.15) is 11.6 Å². The van der Waals surface area contributed by atoms with Gasteiger partial charge in [-0.15, -0.1) is 0 Å². The van der Waals surface area contributed by atoms with E-state index in [0.29, 0.717) is 16.5 Å². The van der Waals surface area contributed by atoms with Crippen molar-refractivity contribution in [2.75, 3.05) is 5.32 Å². The number of rotatable bonds is 3. The average Bonchev–Trinajstić information content (AvgIpc) is 2.45. The molecule has 0 fully saturated rings. The van der Waals surface area contributed by atoms with Crippen molar-refractivity contribution in [3.8, 4) is 5.75 Å². The van der Waals surface area contributed by atoms with Crippen molar-refractivity contribution in [2.45, 2.75) is 27.2 Å². The Labute approximate surface area is 128 Å². The second-order valence-corrected chi connectivity index (χ2v) is 5.43. The summed E-state index contributed by atoms with van der Waals surface area (Å²) < 4.78 is 0. The SMILES string of the molecule is Cc1nc(NC(=O)Cc2ccc(Cl)cc2)c(C)c(C)c1O. The van der Waals surface area contributed by atoms with E-state index in [-0.39, 0.29) is 18.1 Å². The molecule has 2 aromatic rings. The summed E-state index contributed by atoms with van der Waals surface area (Å²) in [4.78, 5) is 16.3. The quantitative estimate of drug-likeness (QED) is 0.911. The van der Waals surface area contributed by atoms with Gasteiger partial charge >= 0.3 is 0 Å². The number of hydrogen-bond donors (Lipinski definition) is 2. The summed E-state index contributed by atoms with van der Waals surface area (Å²) in [6, 6.07) is 7.14. The summed E-state index contributed by atoms with van der Waals surface area (Å²) in [6.07, 6.45) is 0.247. The molecular weight excluding hydrogens is 288 g/mol. The largest absolute Gasteiger partial charge is 0.506 e. The Bertz CT molecular complexity index is 682. The van der Waals surface area contributed by atoms with Crippen LogP contribution in [-0.2, 0) is 11.2 Å². The average molecular weight is 305 g/mol. The third kappa shape index (κ3) is 3.52. The molecule has 1 aromatic heterocycles. The molecule has 1 amide bonds. The van der Waals surface area contributed by atoms with Gasteiger partial charge in [-0.25, -0.2) is 4.98 Å². The van der Waals surface area contributed by atoms with E-state index in [1.54, 1.807) is 26.0 Å². The first-order valence-corrected chi connectivity index (χ1v) is 6.97. The highest BCUT2D eigenvalue weighted by Crippen LogP contribution is 2.27. The van der Waals surface area contributed by atoms with Crippen molar-refractivity contribution >= 4 is 23.3 Å². The first kappa shape index (κ1) is 15.3. The van der Waals surface area contributed by atoms with Crippen LogP contribution in [0.4, 0.5) is 5.82 Å².